The van der Waals surface area contributed by atoms with E-state index in [9.17, 15) is 9.90 Å². The lowest BCUT2D eigenvalue weighted by atomic mass is 9.32. The molecule has 2 nitrogen and oxygen atoms in total. The van der Waals surface area contributed by atoms with Crippen LogP contribution in [-0.4, -0.2) is 17.5 Å². The molecule has 5 aliphatic rings. The normalized spacial score (nSPS) is 54.1. The Bertz CT molecular complexity index is 741. The van der Waals surface area contributed by atoms with Crippen LogP contribution in [0.15, 0.2) is 0 Å². The van der Waals surface area contributed by atoms with Crippen molar-refractivity contribution in [2.75, 3.05) is 6.61 Å². The summed E-state index contributed by atoms with van der Waals surface area (Å²) in [6.07, 6.45) is 16.4. The van der Waals surface area contributed by atoms with Crippen LogP contribution in [-0.2, 0) is 4.79 Å². The zero-order chi connectivity index (χ0) is 22.3. The van der Waals surface area contributed by atoms with E-state index in [1.54, 1.807) is 0 Å². The van der Waals surface area contributed by atoms with Gasteiger partial charge in [-0.25, -0.2) is 0 Å². The minimum atomic E-state index is -0.147. The number of hydrogen-bond acceptors (Lipinski definition) is 2. The average molecular weight is 429 g/mol. The maximum absolute atomic E-state index is 12.9. The quantitative estimate of drug-likeness (QED) is 0.480. The number of aliphatic hydroxyl groups excluding tert-OH is 1. The predicted molar refractivity (Wildman–Crippen MR) is 127 cm³/mol. The van der Waals surface area contributed by atoms with Crippen molar-refractivity contribution in [3.05, 3.63) is 0 Å². The Morgan fingerprint density at radius 2 is 1.52 bits per heavy atom. The molecule has 0 aliphatic heterocycles. The first-order valence-electron chi connectivity index (χ1n) is 13.7. The predicted octanol–water partition coefficient (Wildman–Crippen LogP) is 7.18. The van der Waals surface area contributed by atoms with E-state index < -0.39 is 0 Å². The molecule has 5 saturated carbocycles. The Morgan fingerprint density at radius 1 is 0.742 bits per heavy atom. The Morgan fingerprint density at radius 3 is 2.26 bits per heavy atom. The zero-order valence-corrected chi connectivity index (χ0v) is 21.1. The van der Waals surface area contributed by atoms with Crippen molar-refractivity contribution in [2.24, 2.45) is 50.7 Å². The van der Waals surface area contributed by atoms with E-state index in [1.165, 1.54) is 70.6 Å². The molecule has 5 fully saturated rings. The molecular formula is C29H48O2. The van der Waals surface area contributed by atoms with E-state index >= 15 is 0 Å². The van der Waals surface area contributed by atoms with Gasteiger partial charge in [-0.15, -0.1) is 0 Å². The van der Waals surface area contributed by atoms with E-state index in [4.69, 9.17) is 0 Å². The third-order valence-electron chi connectivity index (χ3n) is 13.1. The first kappa shape index (κ1) is 22.4. The number of hydrogen-bond donors (Lipinski definition) is 1. The monoisotopic (exact) mass is 428 g/mol. The minimum absolute atomic E-state index is 0.147. The first-order chi connectivity index (χ1) is 14.6. The highest BCUT2D eigenvalue weighted by molar-refractivity contribution is 5.85. The van der Waals surface area contributed by atoms with Crippen molar-refractivity contribution in [3.63, 3.8) is 0 Å². The van der Waals surface area contributed by atoms with Gasteiger partial charge in [0, 0.05) is 18.4 Å². The van der Waals surface area contributed by atoms with Crippen molar-refractivity contribution >= 4 is 5.78 Å². The van der Waals surface area contributed by atoms with Gasteiger partial charge >= 0.3 is 0 Å². The fraction of sp³-hybridized carbons (Fsp3) is 0.966. The summed E-state index contributed by atoms with van der Waals surface area (Å²) < 4.78 is 0. The number of Topliss-reactive ketones (excluding diaryl/α,β-unsaturated/α-hetero) is 1. The standard InChI is InChI=1S/C29H48O2/c1-25(2)22-12-16-28(5)23(26(22,3)15-13-24(25)31)11-10-20-21-9-7-6-8-14-29(21,19-30)18-17-27(20,28)4/h20-23,30H,6-19H2,1-5H3/t20?,21?,22?,23-,26+,27-,28-,29-/m1/s1. The van der Waals surface area contributed by atoms with Crippen LogP contribution in [0.2, 0.25) is 0 Å². The van der Waals surface area contributed by atoms with Crippen LogP contribution in [0.3, 0.4) is 0 Å². The van der Waals surface area contributed by atoms with Crippen LogP contribution >= 0.6 is 0 Å². The molecule has 0 amide bonds. The molecule has 1 N–H and O–H groups in total. The molecule has 8 atom stereocenters. The highest BCUT2D eigenvalue weighted by atomic mass is 16.3. The Hall–Kier alpha value is -0.370. The fourth-order valence-electron chi connectivity index (χ4n) is 11.1. The SMILES string of the molecule is CC1(C)C(=O)CC[C@@]2(C)C1CC[C@]1(C)[C@@H]2CCC2C3CCCCC[C@]3(CO)CC[C@]21C. The number of ketones is 1. The molecule has 0 heterocycles. The van der Waals surface area contributed by atoms with Crippen molar-refractivity contribution in [1.82, 2.24) is 0 Å². The lowest BCUT2D eigenvalue weighted by Crippen LogP contribution is -2.66. The van der Waals surface area contributed by atoms with Gasteiger partial charge in [0.05, 0.1) is 0 Å². The molecule has 0 bridgehead atoms. The summed E-state index contributed by atoms with van der Waals surface area (Å²) in [5.41, 5.74) is 1.15. The maximum atomic E-state index is 12.9. The summed E-state index contributed by atoms with van der Waals surface area (Å²) in [6, 6.07) is 0. The van der Waals surface area contributed by atoms with Crippen molar-refractivity contribution in [2.45, 2.75) is 118 Å². The summed E-state index contributed by atoms with van der Waals surface area (Å²) in [4.78, 5) is 12.9. The molecule has 31 heavy (non-hydrogen) atoms. The number of rotatable bonds is 1. The third kappa shape index (κ3) is 2.75. The van der Waals surface area contributed by atoms with E-state index in [2.05, 4.69) is 34.6 Å². The zero-order valence-electron chi connectivity index (χ0n) is 21.1. The highest BCUT2D eigenvalue weighted by Gasteiger charge is 2.69. The molecule has 0 spiro atoms. The summed E-state index contributed by atoms with van der Waals surface area (Å²) >= 11 is 0. The molecule has 3 unspecified atom stereocenters. The second-order valence-corrected chi connectivity index (χ2v) is 14.0. The van der Waals surface area contributed by atoms with Crippen LogP contribution in [0, 0.1) is 50.7 Å². The van der Waals surface area contributed by atoms with Gasteiger partial charge in [-0.2, -0.15) is 0 Å². The van der Waals surface area contributed by atoms with E-state index in [1.807, 2.05) is 0 Å². The summed E-state index contributed by atoms with van der Waals surface area (Å²) in [6.45, 7) is 12.9. The summed E-state index contributed by atoms with van der Waals surface area (Å²) in [5, 5.41) is 10.6. The lowest BCUT2D eigenvalue weighted by molar-refractivity contribution is -0.237. The van der Waals surface area contributed by atoms with Gasteiger partial charge in [0.25, 0.3) is 0 Å². The Labute approximate surface area is 191 Å². The van der Waals surface area contributed by atoms with Crippen molar-refractivity contribution in [3.8, 4) is 0 Å². The molecule has 0 radical (unpaired) electrons. The highest BCUT2D eigenvalue weighted by Crippen LogP contribution is 2.76. The third-order valence-corrected chi connectivity index (χ3v) is 13.1. The summed E-state index contributed by atoms with van der Waals surface area (Å²) in [5.74, 6) is 3.33. The van der Waals surface area contributed by atoms with Gasteiger partial charge in [-0.3, -0.25) is 4.79 Å². The second-order valence-electron chi connectivity index (χ2n) is 14.0. The van der Waals surface area contributed by atoms with E-state index in [0.29, 0.717) is 34.6 Å². The minimum Gasteiger partial charge on any atom is -0.396 e. The molecule has 176 valence electrons. The molecule has 5 aliphatic carbocycles. The molecule has 0 aromatic rings. The first-order valence-corrected chi connectivity index (χ1v) is 13.7. The van der Waals surface area contributed by atoms with Crippen LogP contribution in [0.25, 0.3) is 0 Å². The molecule has 0 aromatic heterocycles. The number of carbonyl (C=O) groups is 1. The van der Waals surface area contributed by atoms with Crippen LogP contribution in [0.1, 0.15) is 118 Å². The molecule has 5 rings (SSSR count). The number of fused-ring (bicyclic) bond motifs is 7. The largest absolute Gasteiger partial charge is 0.396 e. The molecule has 2 heteroatoms. The average Bonchev–Trinajstić information content (AvgIpc) is 2.94. The van der Waals surface area contributed by atoms with E-state index in [-0.39, 0.29) is 10.8 Å². The van der Waals surface area contributed by atoms with Crippen LogP contribution in [0.5, 0.6) is 0 Å². The van der Waals surface area contributed by atoms with Gasteiger partial charge in [0.2, 0.25) is 0 Å². The van der Waals surface area contributed by atoms with Gasteiger partial charge in [-0.1, -0.05) is 53.9 Å². The second kappa shape index (κ2) is 7.07. The fourth-order valence-corrected chi connectivity index (χ4v) is 11.1. The van der Waals surface area contributed by atoms with Crippen molar-refractivity contribution in [1.29, 1.82) is 0 Å². The number of aliphatic hydroxyl groups is 1. The van der Waals surface area contributed by atoms with Crippen LogP contribution < -0.4 is 0 Å². The lowest BCUT2D eigenvalue weighted by Gasteiger charge is -2.72. The summed E-state index contributed by atoms with van der Waals surface area (Å²) in [7, 11) is 0. The van der Waals surface area contributed by atoms with E-state index in [0.717, 1.165) is 30.6 Å². The number of carbonyl (C=O) groups excluding carboxylic acids is 1. The maximum Gasteiger partial charge on any atom is 0.138 e. The molecular weight excluding hydrogens is 380 g/mol. The van der Waals surface area contributed by atoms with Crippen molar-refractivity contribution < 1.29 is 9.90 Å². The smallest absolute Gasteiger partial charge is 0.138 e. The van der Waals surface area contributed by atoms with Gasteiger partial charge in [0.15, 0.2) is 0 Å². The topological polar surface area (TPSA) is 37.3 Å². The Kier molecular flexibility index (Phi) is 5.11. The van der Waals surface area contributed by atoms with Gasteiger partial charge in [-0.05, 0) is 103 Å². The molecule has 0 aromatic carbocycles. The molecule has 0 saturated heterocycles. The Balaban J connectivity index is 1.53. The van der Waals surface area contributed by atoms with Crippen LogP contribution in [0.4, 0.5) is 0 Å². The van der Waals surface area contributed by atoms with Gasteiger partial charge < -0.3 is 5.11 Å². The van der Waals surface area contributed by atoms with Gasteiger partial charge in [0.1, 0.15) is 5.78 Å².